The Bertz CT molecular complexity index is 1130. The molecule has 0 radical (unpaired) electrons. The summed E-state index contributed by atoms with van der Waals surface area (Å²) < 4.78 is 15.3. The average molecular weight is 510 g/mol. The molecule has 0 aliphatic carbocycles. The molecule has 0 aromatic heterocycles. The predicted molar refractivity (Wildman–Crippen MR) is 123 cm³/mol. The number of carbonyl (C=O) groups is 4. The Balaban J connectivity index is 1.52. The number of amides is 3. The maximum Gasteiger partial charge on any atom is 0.311 e. The second-order valence-electron chi connectivity index (χ2n) is 7.20. The summed E-state index contributed by atoms with van der Waals surface area (Å²) in [6.07, 6.45) is -0.174. The van der Waals surface area contributed by atoms with Gasteiger partial charge >= 0.3 is 5.97 Å². The molecule has 0 bridgehead atoms. The first-order valence-electron chi connectivity index (χ1n) is 9.96. The molecular weight excluding hydrogens is 489 g/mol. The van der Waals surface area contributed by atoms with Gasteiger partial charge in [0.25, 0.3) is 11.8 Å². The Kier molecular flexibility index (Phi) is 8.19. The number of hydrogen-bond donors (Lipinski definition) is 2. The van der Waals surface area contributed by atoms with Crippen LogP contribution in [0, 0.1) is 5.92 Å². The van der Waals surface area contributed by atoms with Crippen LogP contribution in [-0.4, -0.2) is 56.1 Å². The lowest BCUT2D eigenvalue weighted by Gasteiger charge is -2.18. The van der Waals surface area contributed by atoms with Crippen molar-refractivity contribution in [3.8, 4) is 11.5 Å². The molecule has 0 saturated carbocycles. The average Bonchev–Trinajstić information content (AvgIpc) is 3.19. The number of anilines is 1. The molecule has 2 aromatic rings. The summed E-state index contributed by atoms with van der Waals surface area (Å²) in [5.74, 6) is -2.46. The van der Waals surface area contributed by atoms with Crippen molar-refractivity contribution in [2.24, 2.45) is 5.92 Å². The van der Waals surface area contributed by atoms with E-state index in [1.54, 1.807) is 12.1 Å². The van der Waals surface area contributed by atoms with Gasteiger partial charge in [0.2, 0.25) is 5.91 Å². The number of halogens is 2. The van der Waals surface area contributed by atoms with Crippen LogP contribution >= 0.6 is 23.2 Å². The molecule has 34 heavy (non-hydrogen) atoms. The van der Waals surface area contributed by atoms with E-state index in [9.17, 15) is 19.2 Å². The third-order valence-electron chi connectivity index (χ3n) is 4.89. The Hall–Kier alpha value is -3.50. The molecule has 1 saturated heterocycles. The van der Waals surface area contributed by atoms with Gasteiger partial charge in [-0.25, -0.2) is 0 Å². The summed E-state index contributed by atoms with van der Waals surface area (Å²) in [5.41, 5.74) is 2.96. The molecule has 1 aliphatic rings. The zero-order valence-electron chi connectivity index (χ0n) is 18.2. The van der Waals surface area contributed by atoms with E-state index in [4.69, 9.17) is 37.4 Å². The van der Waals surface area contributed by atoms with Crippen LogP contribution in [0.15, 0.2) is 36.4 Å². The van der Waals surface area contributed by atoms with Crippen LogP contribution in [0.5, 0.6) is 11.5 Å². The first-order valence-corrected chi connectivity index (χ1v) is 10.7. The second kappa shape index (κ2) is 11.1. The number of rotatable bonds is 8. The van der Waals surface area contributed by atoms with Gasteiger partial charge in [0.15, 0.2) is 18.1 Å². The monoisotopic (exact) mass is 509 g/mol. The van der Waals surface area contributed by atoms with Crippen molar-refractivity contribution in [1.82, 2.24) is 10.4 Å². The Morgan fingerprint density at radius 2 is 1.79 bits per heavy atom. The van der Waals surface area contributed by atoms with Crippen molar-refractivity contribution in [3.63, 3.8) is 0 Å². The van der Waals surface area contributed by atoms with Crippen molar-refractivity contribution in [3.05, 3.63) is 52.0 Å². The number of hydrazine groups is 1. The number of methoxy groups -OCH3 is 2. The summed E-state index contributed by atoms with van der Waals surface area (Å²) in [6.45, 7) is -0.678. The van der Waals surface area contributed by atoms with Gasteiger partial charge in [0, 0.05) is 17.0 Å². The number of benzene rings is 2. The molecular formula is C22H21Cl2N3O7. The largest absolute Gasteiger partial charge is 0.493 e. The number of nitrogens with one attached hydrogen (secondary N) is 2. The fourth-order valence-electron chi connectivity index (χ4n) is 3.17. The zero-order chi connectivity index (χ0) is 24.8. The molecule has 1 fully saturated rings. The zero-order valence-corrected chi connectivity index (χ0v) is 19.7. The van der Waals surface area contributed by atoms with Gasteiger partial charge in [0.05, 0.1) is 37.4 Å². The number of ether oxygens (including phenoxy) is 3. The van der Waals surface area contributed by atoms with Gasteiger partial charge in [-0.1, -0.05) is 23.2 Å². The summed E-state index contributed by atoms with van der Waals surface area (Å²) in [5, 5.41) is 4.17. The first kappa shape index (κ1) is 25.1. The van der Waals surface area contributed by atoms with E-state index >= 15 is 0 Å². The summed E-state index contributed by atoms with van der Waals surface area (Å²) >= 11 is 11.9. The van der Waals surface area contributed by atoms with E-state index in [2.05, 4.69) is 10.7 Å². The topological polar surface area (TPSA) is 123 Å². The molecule has 0 spiro atoms. The number of carbonyl (C=O) groups excluding carboxylic acids is 4. The minimum atomic E-state index is -0.847. The summed E-state index contributed by atoms with van der Waals surface area (Å²) in [4.78, 5) is 49.3. The molecule has 3 rings (SSSR count). The third-order valence-corrected chi connectivity index (χ3v) is 5.45. The maximum atomic E-state index is 12.5. The normalized spacial score (nSPS) is 15.0. The van der Waals surface area contributed by atoms with Gasteiger partial charge in [0.1, 0.15) is 0 Å². The van der Waals surface area contributed by atoms with Crippen molar-refractivity contribution < 1.29 is 33.4 Å². The highest BCUT2D eigenvalue weighted by Gasteiger charge is 2.36. The van der Waals surface area contributed by atoms with Crippen molar-refractivity contribution in [1.29, 1.82) is 0 Å². The van der Waals surface area contributed by atoms with E-state index in [1.807, 2.05) is 0 Å². The molecule has 180 valence electrons. The lowest BCUT2D eigenvalue weighted by molar-refractivity contribution is -0.151. The second-order valence-corrected chi connectivity index (χ2v) is 8.04. The van der Waals surface area contributed by atoms with Crippen LogP contribution in [0.1, 0.15) is 16.8 Å². The van der Waals surface area contributed by atoms with Crippen LogP contribution in [-0.2, 0) is 19.1 Å². The van der Waals surface area contributed by atoms with Crippen molar-refractivity contribution in [2.75, 3.05) is 32.7 Å². The fourth-order valence-corrected chi connectivity index (χ4v) is 3.51. The molecule has 10 nitrogen and oxygen atoms in total. The highest BCUT2D eigenvalue weighted by molar-refractivity contribution is 6.35. The standard InChI is InChI=1S/C22H21Cl2N3O7/c1-32-17-6-3-12(7-18(17)33-2)21(30)26-27-10-13(8-20(27)29)22(31)34-11-19(28)25-16-9-14(23)4-5-15(16)24/h3-7,9,13H,8,10-11H2,1-2H3,(H,25,28)(H,26,30)/t13-/m0/s1. The van der Waals surface area contributed by atoms with Gasteiger partial charge in [-0.15, -0.1) is 0 Å². The SMILES string of the molecule is COc1ccc(C(=O)NN2C[C@@H](C(=O)OCC(=O)Nc3cc(Cl)ccc3Cl)CC2=O)cc1OC. The first-order chi connectivity index (χ1) is 16.2. The lowest BCUT2D eigenvalue weighted by Crippen LogP contribution is -2.43. The van der Waals surface area contributed by atoms with Crippen LogP contribution in [0.25, 0.3) is 0 Å². The molecule has 12 heteroatoms. The van der Waals surface area contributed by atoms with E-state index < -0.39 is 36.2 Å². The number of hydrogen-bond acceptors (Lipinski definition) is 7. The van der Waals surface area contributed by atoms with E-state index in [-0.39, 0.29) is 29.2 Å². The van der Waals surface area contributed by atoms with Crippen molar-refractivity contribution >= 4 is 52.6 Å². The number of nitrogens with zero attached hydrogens (tertiary/aromatic N) is 1. The van der Waals surface area contributed by atoms with E-state index in [0.717, 1.165) is 5.01 Å². The summed E-state index contributed by atoms with van der Waals surface area (Å²) in [6, 6.07) is 9.06. The third kappa shape index (κ3) is 6.09. The van der Waals surface area contributed by atoms with Gasteiger partial charge in [-0.3, -0.25) is 29.6 Å². The molecule has 2 aromatic carbocycles. The van der Waals surface area contributed by atoms with Gasteiger partial charge in [-0.2, -0.15) is 0 Å². The Labute approximate surface area is 205 Å². The molecule has 2 N–H and O–H groups in total. The predicted octanol–water partition coefficient (Wildman–Crippen LogP) is 2.69. The smallest absolute Gasteiger partial charge is 0.311 e. The van der Waals surface area contributed by atoms with Crippen molar-refractivity contribution in [2.45, 2.75) is 6.42 Å². The van der Waals surface area contributed by atoms with E-state index in [0.29, 0.717) is 16.5 Å². The minimum absolute atomic E-state index is 0.0988. The molecule has 1 heterocycles. The molecule has 0 unspecified atom stereocenters. The van der Waals surface area contributed by atoms with Crippen LogP contribution in [0.4, 0.5) is 5.69 Å². The lowest BCUT2D eigenvalue weighted by atomic mass is 10.1. The Morgan fingerprint density at radius 1 is 1.06 bits per heavy atom. The summed E-state index contributed by atoms with van der Waals surface area (Å²) in [7, 11) is 2.90. The molecule has 1 aliphatic heterocycles. The molecule has 3 amide bonds. The maximum absolute atomic E-state index is 12.5. The molecule has 1 atom stereocenters. The van der Waals surface area contributed by atoms with Gasteiger partial charge in [-0.05, 0) is 36.4 Å². The quantitative estimate of drug-likeness (QED) is 0.524. The number of esters is 1. The van der Waals surface area contributed by atoms with Crippen LogP contribution in [0.3, 0.4) is 0 Å². The fraction of sp³-hybridized carbons (Fsp3) is 0.273. The van der Waals surface area contributed by atoms with Crippen LogP contribution < -0.4 is 20.2 Å². The minimum Gasteiger partial charge on any atom is -0.493 e. The Morgan fingerprint density at radius 3 is 2.50 bits per heavy atom. The van der Waals surface area contributed by atoms with E-state index in [1.165, 1.54) is 38.5 Å². The highest BCUT2D eigenvalue weighted by Crippen LogP contribution is 2.28. The van der Waals surface area contributed by atoms with Gasteiger partial charge < -0.3 is 19.5 Å². The van der Waals surface area contributed by atoms with Crippen LogP contribution in [0.2, 0.25) is 10.0 Å². The highest BCUT2D eigenvalue weighted by atomic mass is 35.5.